The van der Waals surface area contributed by atoms with Crippen LogP contribution in [0.5, 0.6) is 0 Å². The molecule has 2 heterocycles. The highest BCUT2D eigenvalue weighted by molar-refractivity contribution is 7.09. The van der Waals surface area contributed by atoms with Gasteiger partial charge in [-0.2, -0.15) is 0 Å². The van der Waals surface area contributed by atoms with E-state index in [4.69, 9.17) is 0 Å². The fraction of sp³-hybridized carbons (Fsp3) is 0.786. The van der Waals surface area contributed by atoms with Crippen LogP contribution in [0.4, 0.5) is 0 Å². The van der Waals surface area contributed by atoms with Crippen LogP contribution in [0.3, 0.4) is 0 Å². The van der Waals surface area contributed by atoms with E-state index in [2.05, 4.69) is 41.4 Å². The normalized spacial score (nSPS) is 21.0. The van der Waals surface area contributed by atoms with Crippen molar-refractivity contribution in [2.75, 3.05) is 26.2 Å². The van der Waals surface area contributed by atoms with Gasteiger partial charge >= 0.3 is 0 Å². The van der Waals surface area contributed by atoms with E-state index in [9.17, 15) is 0 Å². The summed E-state index contributed by atoms with van der Waals surface area (Å²) in [6.45, 7) is 12.4. The maximum absolute atomic E-state index is 4.55. The molecule has 1 atom stereocenters. The van der Waals surface area contributed by atoms with Gasteiger partial charge in [-0.1, -0.05) is 13.8 Å². The van der Waals surface area contributed by atoms with Crippen LogP contribution in [0.2, 0.25) is 0 Å². The van der Waals surface area contributed by atoms with Crippen molar-refractivity contribution in [1.82, 2.24) is 15.2 Å². The average molecular weight is 267 g/mol. The van der Waals surface area contributed by atoms with Gasteiger partial charge in [-0.05, 0) is 44.8 Å². The molecule has 1 unspecified atom stereocenters. The third kappa shape index (κ3) is 4.34. The van der Waals surface area contributed by atoms with Gasteiger partial charge in [0.1, 0.15) is 5.01 Å². The standard InChI is InChI=1S/C14H25N3S/c1-11(2)6-15-7-13-4-5-17(8-13)9-14-16-12(3)10-18-14/h10-11,13,15H,4-9H2,1-3H3. The van der Waals surface area contributed by atoms with E-state index in [0.717, 1.165) is 30.6 Å². The molecule has 1 aliphatic heterocycles. The number of hydrogen-bond acceptors (Lipinski definition) is 4. The lowest BCUT2D eigenvalue weighted by Crippen LogP contribution is -2.28. The molecule has 0 radical (unpaired) electrons. The minimum absolute atomic E-state index is 0.751. The summed E-state index contributed by atoms with van der Waals surface area (Å²) in [5.74, 6) is 1.57. The van der Waals surface area contributed by atoms with Gasteiger partial charge in [0.2, 0.25) is 0 Å². The van der Waals surface area contributed by atoms with Crippen LogP contribution in [0.1, 0.15) is 31.0 Å². The molecule has 2 rings (SSSR count). The lowest BCUT2D eigenvalue weighted by atomic mass is 10.1. The fourth-order valence-corrected chi connectivity index (χ4v) is 3.28. The molecule has 1 aromatic rings. The van der Waals surface area contributed by atoms with Gasteiger partial charge in [-0.25, -0.2) is 4.98 Å². The molecule has 3 nitrogen and oxygen atoms in total. The van der Waals surface area contributed by atoms with Crippen molar-refractivity contribution < 1.29 is 0 Å². The van der Waals surface area contributed by atoms with E-state index >= 15 is 0 Å². The van der Waals surface area contributed by atoms with Crippen molar-refractivity contribution in [1.29, 1.82) is 0 Å². The lowest BCUT2D eigenvalue weighted by Gasteiger charge is -2.15. The summed E-state index contributed by atoms with van der Waals surface area (Å²) >= 11 is 1.79. The van der Waals surface area contributed by atoms with Crippen LogP contribution in [-0.2, 0) is 6.54 Å². The molecule has 0 aliphatic carbocycles. The topological polar surface area (TPSA) is 28.2 Å². The smallest absolute Gasteiger partial charge is 0.107 e. The molecular weight excluding hydrogens is 242 g/mol. The van der Waals surface area contributed by atoms with Gasteiger partial charge in [0, 0.05) is 17.6 Å². The number of rotatable bonds is 6. The number of nitrogens with zero attached hydrogens (tertiary/aromatic N) is 2. The Kier molecular flexibility index (Phi) is 5.15. The Morgan fingerprint density at radius 3 is 3.06 bits per heavy atom. The van der Waals surface area contributed by atoms with E-state index in [0.29, 0.717) is 0 Å². The van der Waals surface area contributed by atoms with Crippen molar-refractivity contribution in [3.8, 4) is 0 Å². The molecule has 0 aromatic carbocycles. The van der Waals surface area contributed by atoms with Crippen LogP contribution in [-0.4, -0.2) is 36.1 Å². The molecule has 0 amide bonds. The van der Waals surface area contributed by atoms with Crippen molar-refractivity contribution >= 4 is 11.3 Å². The van der Waals surface area contributed by atoms with Gasteiger partial charge in [0.05, 0.1) is 6.54 Å². The Labute approximate surface area is 115 Å². The lowest BCUT2D eigenvalue weighted by molar-refractivity contribution is 0.313. The van der Waals surface area contributed by atoms with Gasteiger partial charge < -0.3 is 5.32 Å². The largest absolute Gasteiger partial charge is 0.316 e. The van der Waals surface area contributed by atoms with Crippen molar-refractivity contribution in [3.05, 3.63) is 16.1 Å². The van der Waals surface area contributed by atoms with Crippen molar-refractivity contribution in [2.45, 2.75) is 33.7 Å². The molecule has 1 fully saturated rings. The summed E-state index contributed by atoms with van der Waals surface area (Å²) in [6, 6.07) is 0. The number of nitrogens with one attached hydrogen (secondary N) is 1. The second kappa shape index (κ2) is 6.64. The summed E-state index contributed by atoms with van der Waals surface area (Å²) in [7, 11) is 0. The van der Waals surface area contributed by atoms with Crippen LogP contribution in [0.15, 0.2) is 5.38 Å². The Morgan fingerprint density at radius 2 is 2.39 bits per heavy atom. The molecule has 1 aromatic heterocycles. The maximum Gasteiger partial charge on any atom is 0.107 e. The predicted molar refractivity (Wildman–Crippen MR) is 77.9 cm³/mol. The Morgan fingerprint density at radius 1 is 1.56 bits per heavy atom. The zero-order chi connectivity index (χ0) is 13.0. The van der Waals surface area contributed by atoms with Crippen LogP contribution >= 0.6 is 11.3 Å². The Balaban J connectivity index is 1.68. The molecule has 102 valence electrons. The van der Waals surface area contributed by atoms with E-state index in [1.807, 2.05) is 0 Å². The molecule has 1 N–H and O–H groups in total. The van der Waals surface area contributed by atoms with E-state index in [1.54, 1.807) is 11.3 Å². The molecule has 1 aliphatic rings. The molecule has 18 heavy (non-hydrogen) atoms. The number of likely N-dealkylation sites (tertiary alicyclic amines) is 1. The minimum Gasteiger partial charge on any atom is -0.316 e. The third-order valence-corrected chi connectivity index (χ3v) is 4.33. The molecule has 0 saturated carbocycles. The molecular formula is C14H25N3S. The van der Waals surface area contributed by atoms with Gasteiger partial charge in [0.25, 0.3) is 0 Å². The second-order valence-electron chi connectivity index (χ2n) is 5.82. The predicted octanol–water partition coefficient (Wildman–Crippen LogP) is 2.52. The minimum atomic E-state index is 0.751. The van der Waals surface area contributed by atoms with Crippen LogP contribution in [0.25, 0.3) is 0 Å². The number of aromatic nitrogens is 1. The monoisotopic (exact) mass is 267 g/mol. The third-order valence-electron chi connectivity index (χ3n) is 3.38. The first-order valence-corrected chi connectivity index (χ1v) is 7.85. The summed E-state index contributed by atoms with van der Waals surface area (Å²) in [5.41, 5.74) is 1.16. The SMILES string of the molecule is Cc1csc(CN2CCC(CNCC(C)C)C2)n1. The highest BCUT2D eigenvalue weighted by atomic mass is 32.1. The summed E-state index contributed by atoms with van der Waals surface area (Å²) in [4.78, 5) is 7.09. The zero-order valence-corrected chi connectivity index (χ0v) is 12.6. The Hall–Kier alpha value is -0.450. The molecule has 4 heteroatoms. The van der Waals surface area contributed by atoms with Gasteiger partial charge in [-0.15, -0.1) is 11.3 Å². The summed E-state index contributed by atoms with van der Waals surface area (Å²) in [5, 5.41) is 6.99. The van der Waals surface area contributed by atoms with Crippen LogP contribution < -0.4 is 5.32 Å². The Bertz CT molecular complexity index is 362. The van der Waals surface area contributed by atoms with E-state index < -0.39 is 0 Å². The summed E-state index contributed by atoms with van der Waals surface area (Å²) in [6.07, 6.45) is 1.33. The molecule has 0 bridgehead atoms. The fourth-order valence-electron chi connectivity index (χ4n) is 2.47. The van der Waals surface area contributed by atoms with E-state index in [-0.39, 0.29) is 0 Å². The van der Waals surface area contributed by atoms with Crippen molar-refractivity contribution in [3.63, 3.8) is 0 Å². The average Bonchev–Trinajstić information content (AvgIpc) is 2.89. The van der Waals surface area contributed by atoms with Gasteiger partial charge in [-0.3, -0.25) is 4.90 Å². The first kappa shape index (κ1) is 14.0. The van der Waals surface area contributed by atoms with Crippen LogP contribution in [0, 0.1) is 18.8 Å². The highest BCUT2D eigenvalue weighted by Crippen LogP contribution is 2.19. The van der Waals surface area contributed by atoms with Gasteiger partial charge in [0.15, 0.2) is 0 Å². The zero-order valence-electron chi connectivity index (χ0n) is 11.8. The van der Waals surface area contributed by atoms with Crippen molar-refractivity contribution in [2.24, 2.45) is 11.8 Å². The maximum atomic E-state index is 4.55. The van der Waals surface area contributed by atoms with E-state index in [1.165, 1.54) is 31.1 Å². The number of aryl methyl sites for hydroxylation is 1. The quantitative estimate of drug-likeness (QED) is 0.858. The number of hydrogen-bond donors (Lipinski definition) is 1. The number of thiazole rings is 1. The molecule has 0 spiro atoms. The first-order valence-electron chi connectivity index (χ1n) is 6.97. The second-order valence-corrected chi connectivity index (χ2v) is 6.77. The first-order chi connectivity index (χ1) is 8.63. The summed E-state index contributed by atoms with van der Waals surface area (Å²) < 4.78 is 0. The molecule has 1 saturated heterocycles. The highest BCUT2D eigenvalue weighted by Gasteiger charge is 2.22.